The Kier molecular flexibility index (Phi) is 5.37. The molecule has 2 fully saturated rings. The summed E-state index contributed by atoms with van der Waals surface area (Å²) < 4.78 is 5.86. The third kappa shape index (κ3) is 4.43. The van der Waals surface area contributed by atoms with Gasteiger partial charge >= 0.3 is 0 Å². The summed E-state index contributed by atoms with van der Waals surface area (Å²) in [6.07, 6.45) is 7.86. The summed E-state index contributed by atoms with van der Waals surface area (Å²) in [7, 11) is 0. The van der Waals surface area contributed by atoms with Gasteiger partial charge in [0.1, 0.15) is 0 Å². The molecule has 0 radical (unpaired) electrons. The number of aromatic nitrogens is 1. The van der Waals surface area contributed by atoms with Gasteiger partial charge in [0.05, 0.1) is 17.7 Å². The van der Waals surface area contributed by atoms with E-state index in [1.54, 1.807) is 17.4 Å². The number of hydrogen-bond donors (Lipinski definition) is 1. The van der Waals surface area contributed by atoms with Crippen molar-refractivity contribution in [1.29, 1.82) is 0 Å². The molecule has 0 aromatic carbocycles. The molecule has 3 rings (SSSR count). The molecular formula is C18H27N3O2S. The number of thiazole rings is 1. The van der Waals surface area contributed by atoms with Gasteiger partial charge < -0.3 is 10.1 Å². The van der Waals surface area contributed by atoms with Crippen LogP contribution in [0.15, 0.2) is 12.3 Å². The van der Waals surface area contributed by atoms with Crippen molar-refractivity contribution in [3.63, 3.8) is 0 Å². The van der Waals surface area contributed by atoms with Crippen molar-refractivity contribution in [1.82, 2.24) is 15.2 Å². The number of hydrogen-bond acceptors (Lipinski definition) is 5. The molecule has 2 aliphatic rings. The molecule has 1 amide bonds. The van der Waals surface area contributed by atoms with E-state index >= 15 is 0 Å². The Balaban J connectivity index is 1.44. The van der Waals surface area contributed by atoms with Crippen molar-refractivity contribution in [2.45, 2.75) is 51.2 Å². The van der Waals surface area contributed by atoms with Crippen molar-refractivity contribution in [3.05, 3.63) is 22.2 Å². The standard InChI is InChI=1S/C18H27N3O2S/c1-18(2,3)17-20-10-15(24-17)6-7-16(22)19-9-14-11-21-8-4-5-13(21)12-23-14/h6-7,10,13-14H,4-5,8-9,11-12H2,1-3H3,(H,19,22)/b7-6+/t13-,14+/m0/s1. The second-order valence-electron chi connectivity index (χ2n) is 7.64. The lowest BCUT2D eigenvalue weighted by Gasteiger charge is -2.35. The Morgan fingerprint density at radius 3 is 3.12 bits per heavy atom. The number of carbonyl (C=O) groups excluding carboxylic acids is 1. The maximum Gasteiger partial charge on any atom is 0.244 e. The van der Waals surface area contributed by atoms with Crippen LogP contribution < -0.4 is 5.32 Å². The van der Waals surface area contributed by atoms with Crippen molar-refractivity contribution >= 4 is 23.3 Å². The van der Waals surface area contributed by atoms with Gasteiger partial charge in [-0.25, -0.2) is 4.98 Å². The van der Waals surface area contributed by atoms with E-state index in [2.05, 4.69) is 36.0 Å². The lowest BCUT2D eigenvalue weighted by atomic mass is 9.98. The zero-order chi connectivity index (χ0) is 17.2. The third-order valence-electron chi connectivity index (χ3n) is 4.53. The summed E-state index contributed by atoms with van der Waals surface area (Å²) in [5, 5.41) is 4.03. The molecule has 1 aromatic heterocycles. The van der Waals surface area contributed by atoms with Gasteiger partial charge in [-0.05, 0) is 25.5 Å². The van der Waals surface area contributed by atoms with Gasteiger partial charge in [0.15, 0.2) is 0 Å². The van der Waals surface area contributed by atoms with Gasteiger partial charge in [0.25, 0.3) is 0 Å². The van der Waals surface area contributed by atoms with Gasteiger partial charge in [-0.2, -0.15) is 0 Å². The molecule has 0 saturated carbocycles. The van der Waals surface area contributed by atoms with Crippen LogP contribution in [-0.2, 0) is 14.9 Å². The van der Waals surface area contributed by atoms with Crippen LogP contribution in [0.5, 0.6) is 0 Å². The molecule has 3 heterocycles. The number of ether oxygens (including phenoxy) is 1. The van der Waals surface area contributed by atoms with E-state index in [0.29, 0.717) is 12.6 Å². The summed E-state index contributed by atoms with van der Waals surface area (Å²) in [6, 6.07) is 0.597. The number of carbonyl (C=O) groups is 1. The number of morpholine rings is 1. The van der Waals surface area contributed by atoms with Gasteiger partial charge in [0.2, 0.25) is 5.91 Å². The first-order valence-electron chi connectivity index (χ1n) is 8.70. The van der Waals surface area contributed by atoms with E-state index in [9.17, 15) is 4.79 Å². The first kappa shape index (κ1) is 17.6. The van der Waals surface area contributed by atoms with Crippen LogP contribution in [0.2, 0.25) is 0 Å². The van der Waals surface area contributed by atoms with Crippen LogP contribution in [0.1, 0.15) is 43.5 Å². The predicted molar refractivity (Wildman–Crippen MR) is 97.2 cm³/mol. The fourth-order valence-electron chi connectivity index (χ4n) is 3.15. The lowest BCUT2D eigenvalue weighted by molar-refractivity contribution is -0.117. The smallest absolute Gasteiger partial charge is 0.244 e. The second-order valence-corrected chi connectivity index (χ2v) is 8.70. The van der Waals surface area contributed by atoms with E-state index in [1.165, 1.54) is 19.4 Å². The molecule has 1 N–H and O–H groups in total. The van der Waals surface area contributed by atoms with Crippen LogP contribution in [-0.4, -0.2) is 54.2 Å². The monoisotopic (exact) mass is 349 g/mol. The number of nitrogens with one attached hydrogen (secondary N) is 1. The SMILES string of the molecule is CC(C)(C)c1ncc(/C=C/C(=O)NC[C@@H]2CN3CCC[C@H]3CO2)s1. The highest BCUT2D eigenvalue weighted by molar-refractivity contribution is 7.12. The third-order valence-corrected chi connectivity index (χ3v) is 5.92. The van der Waals surface area contributed by atoms with Gasteiger partial charge in [0, 0.05) is 41.7 Å². The average molecular weight is 350 g/mol. The highest BCUT2D eigenvalue weighted by Crippen LogP contribution is 2.27. The van der Waals surface area contributed by atoms with Crippen molar-refractivity contribution in [2.24, 2.45) is 0 Å². The first-order chi connectivity index (χ1) is 11.4. The summed E-state index contributed by atoms with van der Waals surface area (Å²) in [5.74, 6) is -0.0761. The molecule has 1 aromatic rings. The molecule has 6 heteroatoms. The molecule has 5 nitrogen and oxygen atoms in total. The average Bonchev–Trinajstić information content (AvgIpc) is 3.18. The second kappa shape index (κ2) is 7.33. The van der Waals surface area contributed by atoms with E-state index in [1.807, 2.05) is 12.3 Å². The zero-order valence-electron chi connectivity index (χ0n) is 14.7. The van der Waals surface area contributed by atoms with Crippen LogP contribution >= 0.6 is 11.3 Å². The molecule has 2 aliphatic heterocycles. The first-order valence-corrected chi connectivity index (χ1v) is 9.51. The topological polar surface area (TPSA) is 54.5 Å². The molecule has 0 aliphatic carbocycles. The van der Waals surface area contributed by atoms with Gasteiger partial charge in [-0.15, -0.1) is 11.3 Å². The fourth-order valence-corrected chi connectivity index (χ4v) is 4.03. The Morgan fingerprint density at radius 1 is 1.54 bits per heavy atom. The Morgan fingerprint density at radius 2 is 2.38 bits per heavy atom. The summed E-state index contributed by atoms with van der Waals surface area (Å²) in [4.78, 5) is 19.9. The molecule has 2 atom stereocenters. The Hall–Kier alpha value is -1.24. The molecule has 0 bridgehead atoms. The normalized spacial score (nSPS) is 25.1. The molecular weight excluding hydrogens is 322 g/mol. The summed E-state index contributed by atoms with van der Waals surface area (Å²) in [6.45, 7) is 9.89. The number of amides is 1. The summed E-state index contributed by atoms with van der Waals surface area (Å²) in [5.41, 5.74) is 0.0464. The maximum absolute atomic E-state index is 12.0. The van der Waals surface area contributed by atoms with Crippen LogP contribution in [0.25, 0.3) is 6.08 Å². The number of nitrogens with zero attached hydrogens (tertiary/aromatic N) is 2. The van der Waals surface area contributed by atoms with Crippen molar-refractivity contribution in [2.75, 3.05) is 26.2 Å². The molecule has 24 heavy (non-hydrogen) atoms. The predicted octanol–water partition coefficient (Wildman–Crippen LogP) is 2.43. The lowest BCUT2D eigenvalue weighted by Crippen LogP contribution is -2.49. The largest absolute Gasteiger partial charge is 0.373 e. The summed E-state index contributed by atoms with van der Waals surface area (Å²) >= 11 is 1.63. The van der Waals surface area contributed by atoms with E-state index in [4.69, 9.17) is 4.74 Å². The quantitative estimate of drug-likeness (QED) is 0.849. The Labute approximate surface area is 148 Å². The minimum atomic E-state index is -0.0761. The molecule has 0 unspecified atom stereocenters. The van der Waals surface area contributed by atoms with Gasteiger partial charge in [-0.1, -0.05) is 20.8 Å². The highest BCUT2D eigenvalue weighted by Gasteiger charge is 2.32. The molecule has 2 saturated heterocycles. The maximum atomic E-state index is 12.0. The van der Waals surface area contributed by atoms with Crippen LogP contribution in [0.4, 0.5) is 0 Å². The van der Waals surface area contributed by atoms with Gasteiger partial charge in [-0.3, -0.25) is 9.69 Å². The Bertz CT molecular complexity index is 606. The van der Waals surface area contributed by atoms with E-state index in [-0.39, 0.29) is 17.4 Å². The molecule has 0 spiro atoms. The van der Waals surface area contributed by atoms with E-state index in [0.717, 1.165) is 23.0 Å². The van der Waals surface area contributed by atoms with Crippen molar-refractivity contribution < 1.29 is 9.53 Å². The minimum Gasteiger partial charge on any atom is -0.373 e. The molecule has 132 valence electrons. The van der Waals surface area contributed by atoms with Crippen LogP contribution in [0.3, 0.4) is 0 Å². The van der Waals surface area contributed by atoms with Crippen LogP contribution in [0, 0.1) is 0 Å². The number of rotatable bonds is 4. The highest BCUT2D eigenvalue weighted by atomic mass is 32.1. The minimum absolute atomic E-state index is 0.0464. The fraction of sp³-hybridized carbons (Fsp3) is 0.667. The van der Waals surface area contributed by atoms with Crippen molar-refractivity contribution in [3.8, 4) is 0 Å². The van der Waals surface area contributed by atoms with E-state index < -0.39 is 0 Å². The zero-order valence-corrected chi connectivity index (χ0v) is 15.6. The number of fused-ring (bicyclic) bond motifs is 1.